The molecule has 2 N–H and O–H groups in total. The van der Waals surface area contributed by atoms with Crippen molar-refractivity contribution in [3.8, 4) is 5.75 Å². The van der Waals surface area contributed by atoms with E-state index in [1.54, 1.807) is 0 Å². The zero-order valence-electron chi connectivity index (χ0n) is 31.9. The molecular weight excluding hydrogens is 697 g/mol. The molecule has 54 heavy (non-hydrogen) atoms. The quantitative estimate of drug-likeness (QED) is 0.118. The zero-order chi connectivity index (χ0) is 38.5. The molecule has 0 radical (unpaired) electrons. The van der Waals surface area contributed by atoms with Crippen LogP contribution in [0.15, 0.2) is 126 Å². The summed E-state index contributed by atoms with van der Waals surface area (Å²) >= 11 is 0. The molecule has 0 bridgehead atoms. The van der Waals surface area contributed by atoms with E-state index in [2.05, 4.69) is 97.9 Å². The van der Waals surface area contributed by atoms with Gasteiger partial charge in [-0.3, -0.25) is 9.35 Å². The van der Waals surface area contributed by atoms with E-state index in [0.29, 0.717) is 19.4 Å². The Morgan fingerprint density at radius 3 is 2.33 bits per heavy atom. The summed E-state index contributed by atoms with van der Waals surface area (Å²) in [6.45, 7) is 10.1. The van der Waals surface area contributed by atoms with Crippen molar-refractivity contribution in [2.24, 2.45) is 0 Å². The van der Waals surface area contributed by atoms with Crippen LogP contribution in [0.5, 0.6) is 5.75 Å². The summed E-state index contributed by atoms with van der Waals surface area (Å²) < 4.78 is 41.7. The lowest BCUT2D eigenvalue weighted by Crippen LogP contribution is -2.29. The van der Waals surface area contributed by atoms with Crippen LogP contribution in [-0.2, 0) is 25.7 Å². The fraction of sp³-hybridized carbons (Fsp3) is 0.378. The molecule has 1 atom stereocenters. The minimum Gasteiger partial charge on any atom is -0.481 e. The molecule has 9 heteroatoms. The molecule has 6 rings (SSSR count). The minimum absolute atomic E-state index is 0.131. The second-order valence-electron chi connectivity index (χ2n) is 15.3. The smallest absolute Gasteiger partial charge is 0.303 e. The number of benzene rings is 3. The maximum absolute atomic E-state index is 11.6. The van der Waals surface area contributed by atoms with Crippen LogP contribution in [0.1, 0.15) is 90.2 Å². The highest BCUT2D eigenvalue weighted by molar-refractivity contribution is 7.85. The highest BCUT2D eigenvalue weighted by atomic mass is 32.2. The number of carboxylic acid groups (broad SMARTS) is 1. The topological polar surface area (TPSA) is 107 Å². The summed E-state index contributed by atoms with van der Waals surface area (Å²) in [5.74, 6) is 0.512. The van der Waals surface area contributed by atoms with E-state index >= 15 is 0 Å². The number of aliphatic carboxylic acids is 1. The second kappa shape index (κ2) is 16.3. The molecule has 1 unspecified atom stereocenters. The maximum Gasteiger partial charge on any atom is 0.303 e. The van der Waals surface area contributed by atoms with Gasteiger partial charge in [-0.2, -0.15) is 13.0 Å². The standard InChI is InChI=1S/C45H52N2O6S/c1-5-30-46-39-23-12-10-21-37(39)45(4,29-14-24-42(48)49)41(46)28-26-34-17-13-16-33(43(34)53-35-18-7-6-8-19-35)25-27-40-44(2,3)36-20-9-11-22-38(36)47(40)31-15-32-54(50,51)52/h6-12,18-23,25-28H,5,13-17,24,29-32H2,1-4H3,(H-,48,49,50,51,52)/p+1. The number of ether oxygens (including phenoxy) is 1. The molecule has 2 aliphatic heterocycles. The molecule has 3 aromatic carbocycles. The third kappa shape index (κ3) is 8.32. The first-order chi connectivity index (χ1) is 25.8. The average molecular weight is 750 g/mol. The summed E-state index contributed by atoms with van der Waals surface area (Å²) in [6, 6.07) is 26.6. The predicted octanol–water partition coefficient (Wildman–Crippen LogP) is 9.67. The third-order valence-corrected chi connectivity index (χ3v) is 11.9. The molecule has 0 amide bonds. The van der Waals surface area contributed by atoms with Gasteiger partial charge in [0.2, 0.25) is 5.69 Å². The fourth-order valence-corrected chi connectivity index (χ4v) is 8.93. The van der Waals surface area contributed by atoms with Crippen LogP contribution in [0.2, 0.25) is 0 Å². The Kier molecular flexibility index (Phi) is 11.8. The number of anilines is 1. The van der Waals surface area contributed by atoms with E-state index in [4.69, 9.17) is 4.74 Å². The average Bonchev–Trinajstić information content (AvgIpc) is 3.50. The van der Waals surface area contributed by atoms with Gasteiger partial charge in [0, 0.05) is 53.9 Å². The van der Waals surface area contributed by atoms with Crippen LogP contribution in [0.25, 0.3) is 0 Å². The van der Waals surface area contributed by atoms with E-state index in [0.717, 1.165) is 72.7 Å². The van der Waals surface area contributed by atoms with E-state index in [9.17, 15) is 22.9 Å². The first-order valence-corrected chi connectivity index (χ1v) is 20.8. The van der Waals surface area contributed by atoms with Gasteiger partial charge in [-0.1, -0.05) is 67.6 Å². The molecule has 284 valence electrons. The Balaban J connectivity index is 1.44. The summed E-state index contributed by atoms with van der Waals surface area (Å²) in [5, 5.41) is 9.49. The first-order valence-electron chi connectivity index (χ1n) is 19.2. The lowest BCUT2D eigenvalue weighted by molar-refractivity contribution is -0.437. The number of rotatable bonds is 15. The van der Waals surface area contributed by atoms with Crippen LogP contribution >= 0.6 is 0 Å². The van der Waals surface area contributed by atoms with E-state index in [-0.39, 0.29) is 23.0 Å². The van der Waals surface area contributed by atoms with Gasteiger partial charge in [0.15, 0.2) is 5.71 Å². The van der Waals surface area contributed by atoms with Crippen molar-refractivity contribution in [1.82, 2.24) is 0 Å². The lowest BCUT2D eigenvalue weighted by Gasteiger charge is -2.30. The van der Waals surface area contributed by atoms with Gasteiger partial charge in [-0.15, -0.1) is 0 Å². The van der Waals surface area contributed by atoms with Crippen molar-refractivity contribution in [2.75, 3.05) is 23.7 Å². The Hall–Kier alpha value is -4.73. The summed E-state index contributed by atoms with van der Waals surface area (Å²) in [6.07, 6.45) is 14.1. The third-order valence-electron chi connectivity index (χ3n) is 11.1. The monoisotopic (exact) mass is 749 g/mol. The van der Waals surface area contributed by atoms with E-state index < -0.39 is 16.1 Å². The van der Waals surface area contributed by atoms with Gasteiger partial charge in [0.1, 0.15) is 18.1 Å². The van der Waals surface area contributed by atoms with Gasteiger partial charge in [-0.25, -0.2) is 0 Å². The predicted molar refractivity (Wildman–Crippen MR) is 216 cm³/mol. The van der Waals surface area contributed by atoms with E-state index in [1.807, 2.05) is 42.5 Å². The second-order valence-corrected chi connectivity index (χ2v) is 16.8. The molecule has 0 spiro atoms. The number of carboxylic acids is 1. The van der Waals surface area contributed by atoms with Gasteiger partial charge in [0.05, 0.1) is 11.2 Å². The largest absolute Gasteiger partial charge is 0.481 e. The fourth-order valence-electron chi connectivity index (χ4n) is 8.44. The lowest BCUT2D eigenvalue weighted by atomic mass is 9.77. The van der Waals surface area contributed by atoms with Crippen LogP contribution in [0.4, 0.5) is 11.4 Å². The number of hydrogen-bond acceptors (Lipinski definition) is 5. The molecular formula is C45H53N2O6S+. The van der Waals surface area contributed by atoms with Gasteiger partial charge >= 0.3 is 5.97 Å². The molecule has 0 aromatic heterocycles. The van der Waals surface area contributed by atoms with E-state index in [1.165, 1.54) is 22.5 Å². The summed E-state index contributed by atoms with van der Waals surface area (Å²) in [4.78, 5) is 14.0. The van der Waals surface area contributed by atoms with Crippen molar-refractivity contribution in [2.45, 2.75) is 89.9 Å². The van der Waals surface area contributed by atoms with Crippen molar-refractivity contribution < 1.29 is 32.2 Å². The molecule has 8 nitrogen and oxygen atoms in total. The van der Waals surface area contributed by atoms with Crippen LogP contribution < -0.4 is 9.64 Å². The zero-order valence-corrected chi connectivity index (χ0v) is 32.7. The van der Waals surface area contributed by atoms with Gasteiger partial charge < -0.3 is 14.7 Å². The normalized spacial score (nSPS) is 21.0. The Labute approximate surface area is 320 Å². The Morgan fingerprint density at radius 2 is 1.61 bits per heavy atom. The molecule has 0 saturated carbocycles. The first kappa shape index (κ1) is 39.0. The molecule has 3 aliphatic rings. The van der Waals surface area contributed by atoms with Crippen molar-refractivity contribution in [3.05, 3.63) is 137 Å². The van der Waals surface area contributed by atoms with Crippen LogP contribution in [-0.4, -0.2) is 53.2 Å². The molecule has 1 aliphatic carbocycles. The number of allylic oxidation sites excluding steroid dienone is 7. The SMILES string of the molecule is CCCN1/C(=C/C=C2\CCCC(/C=C/C3=[N+](CCCS(=O)(=O)O)c4ccccc4C3(C)C)=C2Oc2ccccc2)C(C)(CCCC(=O)O)c2ccccc21. The highest BCUT2D eigenvalue weighted by Crippen LogP contribution is 2.51. The maximum atomic E-state index is 11.6. The Bertz CT molecular complexity index is 2140. The molecule has 2 heterocycles. The minimum atomic E-state index is -4.08. The number of carbonyl (C=O) groups is 1. The van der Waals surface area contributed by atoms with Gasteiger partial charge in [0.25, 0.3) is 10.1 Å². The molecule has 3 aromatic rings. The van der Waals surface area contributed by atoms with Crippen molar-refractivity contribution >= 4 is 33.2 Å². The number of hydrogen-bond donors (Lipinski definition) is 2. The van der Waals surface area contributed by atoms with Crippen LogP contribution in [0, 0.1) is 0 Å². The van der Waals surface area contributed by atoms with Crippen molar-refractivity contribution in [1.29, 1.82) is 0 Å². The number of nitrogens with zero attached hydrogens (tertiary/aromatic N) is 2. The summed E-state index contributed by atoms with van der Waals surface area (Å²) in [5.41, 5.74) is 8.35. The Morgan fingerprint density at radius 1 is 0.907 bits per heavy atom. The van der Waals surface area contributed by atoms with Gasteiger partial charge in [-0.05, 0) is 106 Å². The molecule has 0 saturated heterocycles. The highest BCUT2D eigenvalue weighted by Gasteiger charge is 2.45. The molecule has 0 fully saturated rings. The summed E-state index contributed by atoms with van der Waals surface area (Å²) in [7, 11) is -4.08. The van der Waals surface area contributed by atoms with Crippen molar-refractivity contribution in [3.63, 3.8) is 0 Å². The number of fused-ring (bicyclic) bond motifs is 2. The van der Waals surface area contributed by atoms with Crippen LogP contribution in [0.3, 0.4) is 0 Å². The number of para-hydroxylation sites is 3.